The number of nitrogens with zero attached hydrogens (tertiary/aromatic N) is 2. The average Bonchev–Trinajstić information content (AvgIpc) is 2.53. The van der Waals surface area contributed by atoms with Gasteiger partial charge in [0.1, 0.15) is 17.0 Å². The van der Waals surface area contributed by atoms with Crippen molar-refractivity contribution in [3.05, 3.63) is 5.69 Å². The van der Waals surface area contributed by atoms with Crippen molar-refractivity contribution in [1.82, 2.24) is 9.78 Å². The van der Waals surface area contributed by atoms with Crippen LogP contribution in [0, 0.1) is 6.92 Å². The van der Waals surface area contributed by atoms with E-state index >= 15 is 0 Å². The van der Waals surface area contributed by atoms with E-state index in [1.165, 1.54) is 0 Å². The van der Waals surface area contributed by atoms with Crippen LogP contribution in [0.4, 0.5) is 11.5 Å². The number of nitrogens with one attached hydrogen (secondary N) is 2. The van der Waals surface area contributed by atoms with E-state index in [-0.39, 0.29) is 5.91 Å². The van der Waals surface area contributed by atoms with Gasteiger partial charge >= 0.3 is 0 Å². The highest BCUT2D eigenvalue weighted by atomic mass is 16.2. The monoisotopic (exact) mass is 222 g/mol. The normalized spacial score (nSPS) is 17.6. The molecule has 0 saturated carbocycles. The number of aryl methyl sites for hydroxylation is 2. The molecule has 1 aromatic rings. The number of carbonyl (C=O) groups excluding carboxylic acids is 1. The van der Waals surface area contributed by atoms with Gasteiger partial charge in [0.05, 0.1) is 5.69 Å². The summed E-state index contributed by atoms with van der Waals surface area (Å²) in [6.45, 7) is 5.93. The number of rotatable bonds is 2. The van der Waals surface area contributed by atoms with Gasteiger partial charge in [-0.1, -0.05) is 13.8 Å². The number of carbonyl (C=O) groups is 1. The van der Waals surface area contributed by atoms with Crippen LogP contribution < -0.4 is 10.6 Å². The van der Waals surface area contributed by atoms with Crippen molar-refractivity contribution < 1.29 is 4.79 Å². The van der Waals surface area contributed by atoms with Crippen molar-refractivity contribution in [1.29, 1.82) is 0 Å². The molecule has 2 N–H and O–H groups in total. The molecular formula is C11H18N4O. The van der Waals surface area contributed by atoms with Crippen molar-refractivity contribution in [3.63, 3.8) is 0 Å². The van der Waals surface area contributed by atoms with Crippen LogP contribution in [0.1, 0.15) is 32.4 Å². The SMILES string of the molecule is CCC1(CC)Nc2c(c(C)nn2C)NC1=O. The zero-order valence-corrected chi connectivity index (χ0v) is 10.2. The number of anilines is 2. The molecule has 0 radical (unpaired) electrons. The third kappa shape index (κ3) is 1.31. The number of hydrogen-bond acceptors (Lipinski definition) is 3. The standard InChI is InChI=1S/C11H18N4O/c1-5-11(6-2)10(16)12-8-7(3)14-15(4)9(8)13-11/h13H,5-6H2,1-4H3,(H,12,16). The predicted octanol–water partition coefficient (Wildman–Crippen LogP) is 1.65. The molecule has 1 amide bonds. The topological polar surface area (TPSA) is 59.0 Å². The molecule has 5 nitrogen and oxygen atoms in total. The second-order valence-corrected chi connectivity index (χ2v) is 4.30. The molecule has 0 aliphatic carbocycles. The van der Waals surface area contributed by atoms with Gasteiger partial charge in [-0.25, -0.2) is 0 Å². The summed E-state index contributed by atoms with van der Waals surface area (Å²) in [7, 11) is 1.88. The van der Waals surface area contributed by atoms with E-state index in [0.29, 0.717) is 0 Å². The fourth-order valence-corrected chi connectivity index (χ4v) is 2.22. The molecule has 0 saturated heterocycles. The molecule has 5 heteroatoms. The van der Waals surface area contributed by atoms with Gasteiger partial charge in [-0.15, -0.1) is 0 Å². The zero-order chi connectivity index (χ0) is 11.9. The highest BCUT2D eigenvalue weighted by Crippen LogP contribution is 2.35. The van der Waals surface area contributed by atoms with Gasteiger partial charge in [-0.05, 0) is 19.8 Å². The molecule has 1 aliphatic rings. The first-order valence-corrected chi connectivity index (χ1v) is 5.67. The van der Waals surface area contributed by atoms with E-state index in [1.807, 2.05) is 27.8 Å². The number of hydrogen-bond donors (Lipinski definition) is 2. The quantitative estimate of drug-likeness (QED) is 0.800. The number of fused-ring (bicyclic) bond motifs is 1. The van der Waals surface area contributed by atoms with Crippen molar-refractivity contribution in [2.75, 3.05) is 10.6 Å². The summed E-state index contributed by atoms with van der Waals surface area (Å²) in [5.74, 6) is 0.946. The Balaban J connectivity index is 2.49. The molecule has 0 spiro atoms. The third-order valence-corrected chi connectivity index (χ3v) is 3.46. The lowest BCUT2D eigenvalue weighted by molar-refractivity contribution is -0.120. The second kappa shape index (κ2) is 3.50. The summed E-state index contributed by atoms with van der Waals surface area (Å²) in [4.78, 5) is 12.1. The Labute approximate surface area is 95.2 Å². The minimum atomic E-state index is -0.493. The van der Waals surface area contributed by atoms with Crippen LogP contribution in [-0.2, 0) is 11.8 Å². The van der Waals surface area contributed by atoms with E-state index in [1.54, 1.807) is 4.68 Å². The van der Waals surface area contributed by atoms with Crippen LogP contribution in [-0.4, -0.2) is 21.2 Å². The Bertz CT molecular complexity index is 431. The third-order valence-electron chi connectivity index (χ3n) is 3.46. The van der Waals surface area contributed by atoms with Crippen molar-refractivity contribution in [2.24, 2.45) is 7.05 Å². The molecule has 0 bridgehead atoms. The lowest BCUT2D eigenvalue weighted by Gasteiger charge is -2.36. The Hall–Kier alpha value is -1.52. The van der Waals surface area contributed by atoms with Crippen molar-refractivity contribution >= 4 is 17.4 Å². The molecule has 1 aromatic heterocycles. The van der Waals surface area contributed by atoms with E-state index < -0.39 is 5.54 Å². The van der Waals surface area contributed by atoms with Crippen LogP contribution in [0.15, 0.2) is 0 Å². The van der Waals surface area contributed by atoms with Crippen LogP contribution >= 0.6 is 0 Å². The minimum Gasteiger partial charge on any atom is -0.354 e. The van der Waals surface area contributed by atoms with Gasteiger partial charge in [0.15, 0.2) is 0 Å². The molecule has 0 fully saturated rings. The summed E-state index contributed by atoms with van der Waals surface area (Å²) < 4.78 is 1.78. The van der Waals surface area contributed by atoms with Crippen LogP contribution in [0.2, 0.25) is 0 Å². The Morgan fingerprint density at radius 3 is 2.56 bits per heavy atom. The molecule has 0 aromatic carbocycles. The highest BCUT2D eigenvalue weighted by Gasteiger charge is 2.40. The maximum Gasteiger partial charge on any atom is 0.250 e. The second-order valence-electron chi connectivity index (χ2n) is 4.30. The van der Waals surface area contributed by atoms with E-state index in [0.717, 1.165) is 30.0 Å². The first-order valence-electron chi connectivity index (χ1n) is 5.67. The average molecular weight is 222 g/mol. The predicted molar refractivity (Wildman–Crippen MR) is 63.5 cm³/mol. The molecular weight excluding hydrogens is 204 g/mol. The van der Waals surface area contributed by atoms with Crippen LogP contribution in [0.5, 0.6) is 0 Å². The van der Waals surface area contributed by atoms with Gasteiger partial charge in [0.25, 0.3) is 0 Å². The first-order chi connectivity index (χ1) is 7.54. The molecule has 0 unspecified atom stereocenters. The Morgan fingerprint density at radius 1 is 1.38 bits per heavy atom. The lowest BCUT2D eigenvalue weighted by Crippen LogP contribution is -2.52. The van der Waals surface area contributed by atoms with Crippen molar-refractivity contribution in [2.45, 2.75) is 39.2 Å². The van der Waals surface area contributed by atoms with Gasteiger partial charge < -0.3 is 10.6 Å². The van der Waals surface area contributed by atoms with E-state index in [9.17, 15) is 4.79 Å². The molecule has 2 heterocycles. The molecule has 2 rings (SSSR count). The molecule has 1 aliphatic heterocycles. The lowest BCUT2D eigenvalue weighted by atomic mass is 9.90. The maximum atomic E-state index is 12.1. The van der Waals surface area contributed by atoms with E-state index in [2.05, 4.69) is 15.7 Å². The molecule has 88 valence electrons. The maximum absolute atomic E-state index is 12.1. The first kappa shape index (κ1) is 11.0. The molecule has 0 atom stereocenters. The smallest absolute Gasteiger partial charge is 0.250 e. The Morgan fingerprint density at radius 2 is 2.00 bits per heavy atom. The van der Waals surface area contributed by atoms with Gasteiger partial charge in [-0.3, -0.25) is 9.48 Å². The largest absolute Gasteiger partial charge is 0.354 e. The fourth-order valence-electron chi connectivity index (χ4n) is 2.22. The highest BCUT2D eigenvalue weighted by molar-refractivity contribution is 6.05. The summed E-state index contributed by atoms with van der Waals surface area (Å²) in [5, 5.41) is 10.6. The summed E-state index contributed by atoms with van der Waals surface area (Å²) in [6.07, 6.45) is 1.53. The summed E-state index contributed by atoms with van der Waals surface area (Å²) >= 11 is 0. The fraction of sp³-hybridized carbons (Fsp3) is 0.636. The van der Waals surface area contributed by atoms with Gasteiger partial charge in [-0.2, -0.15) is 5.10 Å². The zero-order valence-electron chi connectivity index (χ0n) is 10.2. The summed E-state index contributed by atoms with van der Waals surface area (Å²) in [6, 6.07) is 0. The minimum absolute atomic E-state index is 0.0427. The van der Waals surface area contributed by atoms with Crippen molar-refractivity contribution in [3.8, 4) is 0 Å². The summed E-state index contributed by atoms with van der Waals surface area (Å²) in [5.41, 5.74) is 1.16. The van der Waals surface area contributed by atoms with Gasteiger partial charge in [0, 0.05) is 7.05 Å². The van der Waals surface area contributed by atoms with Gasteiger partial charge in [0.2, 0.25) is 5.91 Å². The Kier molecular flexibility index (Phi) is 2.40. The number of aromatic nitrogens is 2. The van der Waals surface area contributed by atoms with E-state index in [4.69, 9.17) is 0 Å². The van der Waals surface area contributed by atoms with Crippen LogP contribution in [0.25, 0.3) is 0 Å². The molecule has 16 heavy (non-hydrogen) atoms. The van der Waals surface area contributed by atoms with Crippen LogP contribution in [0.3, 0.4) is 0 Å². The number of amides is 1.